The van der Waals surface area contributed by atoms with Crippen molar-refractivity contribution in [1.82, 2.24) is 0 Å². The predicted octanol–water partition coefficient (Wildman–Crippen LogP) is 6.28. The Hall–Kier alpha value is -3.35. The van der Waals surface area contributed by atoms with Crippen LogP contribution in [0.25, 0.3) is 11.8 Å². The van der Waals surface area contributed by atoms with Crippen molar-refractivity contribution in [2.75, 3.05) is 12.0 Å². The van der Waals surface area contributed by atoms with Gasteiger partial charge >= 0.3 is 5.97 Å². The second-order valence-corrected chi connectivity index (χ2v) is 8.26. The summed E-state index contributed by atoms with van der Waals surface area (Å²) in [4.78, 5) is 26.5. The van der Waals surface area contributed by atoms with Gasteiger partial charge in [-0.15, -0.1) is 0 Å². The third-order valence-corrected chi connectivity index (χ3v) is 5.94. The van der Waals surface area contributed by atoms with Crippen LogP contribution in [0.15, 0.2) is 82.9 Å². The minimum absolute atomic E-state index is 0.0686. The molecule has 32 heavy (non-hydrogen) atoms. The number of anilines is 1. The van der Waals surface area contributed by atoms with Gasteiger partial charge in [-0.1, -0.05) is 48.0 Å². The molecular weight excluding hydrogens is 494 g/mol. The zero-order valence-electron chi connectivity index (χ0n) is 16.9. The lowest BCUT2D eigenvalue weighted by molar-refractivity contribution is -0.113. The largest absolute Gasteiger partial charge is 0.496 e. The topological polar surface area (TPSA) is 66.8 Å². The molecule has 1 aliphatic heterocycles. The molecule has 0 aromatic heterocycles. The zero-order valence-corrected chi connectivity index (χ0v) is 19.2. The molecule has 0 bridgehead atoms. The lowest BCUT2D eigenvalue weighted by Gasteiger charge is -2.21. The Morgan fingerprint density at radius 1 is 1.09 bits per heavy atom. The molecule has 1 aliphatic rings. The first-order valence-corrected chi connectivity index (χ1v) is 10.8. The molecule has 5 nitrogen and oxygen atoms in total. The summed E-state index contributed by atoms with van der Waals surface area (Å²) in [6, 6.07) is 19.5. The minimum atomic E-state index is -1.16. The molecule has 0 saturated carbocycles. The number of halogens is 2. The number of carboxylic acid groups (broad SMARTS) is 1. The number of rotatable bonds is 5. The number of carbonyl (C=O) groups is 2. The van der Waals surface area contributed by atoms with Crippen molar-refractivity contribution in [2.24, 2.45) is 0 Å². The first-order chi connectivity index (χ1) is 15.4. The Morgan fingerprint density at radius 2 is 1.84 bits per heavy atom. The van der Waals surface area contributed by atoms with Gasteiger partial charge in [-0.05, 0) is 69.5 Å². The van der Waals surface area contributed by atoms with Crippen molar-refractivity contribution in [2.45, 2.75) is 0 Å². The summed E-state index contributed by atoms with van der Waals surface area (Å²) in [5, 5.41) is 9.58. The molecule has 3 aromatic rings. The molecule has 4 rings (SSSR count). The Kier molecular flexibility index (Phi) is 6.17. The van der Waals surface area contributed by atoms with Crippen LogP contribution in [0.5, 0.6) is 5.75 Å². The van der Waals surface area contributed by atoms with Gasteiger partial charge in [0.2, 0.25) is 0 Å². The summed E-state index contributed by atoms with van der Waals surface area (Å²) in [5.74, 6) is -0.739. The summed E-state index contributed by atoms with van der Waals surface area (Å²) in [5.41, 5.74) is 3.11. The Morgan fingerprint density at radius 3 is 2.50 bits per heavy atom. The van der Waals surface area contributed by atoms with E-state index >= 15 is 0 Å². The summed E-state index contributed by atoms with van der Waals surface area (Å²) in [6.45, 7) is 0. The molecule has 1 heterocycles. The molecule has 0 aliphatic carbocycles. The lowest BCUT2D eigenvalue weighted by Crippen LogP contribution is -2.25. The molecule has 160 valence electrons. The average Bonchev–Trinajstić information content (AvgIpc) is 3.10. The van der Waals surface area contributed by atoms with Crippen LogP contribution in [0.1, 0.15) is 21.5 Å². The van der Waals surface area contributed by atoms with Crippen LogP contribution in [0.3, 0.4) is 0 Å². The summed E-state index contributed by atoms with van der Waals surface area (Å²) in [6.07, 6.45) is 3.58. The fraction of sp³-hybridized carbons (Fsp3) is 0.0400. The summed E-state index contributed by atoms with van der Waals surface area (Å²) < 4.78 is 6.04. The molecule has 1 amide bonds. The number of hydrogen-bond acceptors (Lipinski definition) is 3. The van der Waals surface area contributed by atoms with Crippen molar-refractivity contribution < 1.29 is 19.4 Å². The quantitative estimate of drug-likeness (QED) is 0.410. The van der Waals surface area contributed by atoms with E-state index in [2.05, 4.69) is 15.9 Å². The fourth-order valence-electron chi connectivity index (χ4n) is 3.46. The highest BCUT2D eigenvalue weighted by Gasteiger charge is 2.31. The number of methoxy groups -OCH3 is 1. The molecule has 0 saturated heterocycles. The van der Waals surface area contributed by atoms with Crippen molar-refractivity contribution in [1.29, 1.82) is 0 Å². The molecule has 0 unspecified atom stereocenters. The van der Waals surface area contributed by atoms with E-state index in [0.717, 1.165) is 15.6 Å². The zero-order chi connectivity index (χ0) is 22.8. The molecule has 0 spiro atoms. The molecule has 0 radical (unpaired) electrons. The van der Waals surface area contributed by atoms with E-state index in [1.807, 2.05) is 48.5 Å². The van der Waals surface area contributed by atoms with Crippen LogP contribution in [-0.2, 0) is 4.79 Å². The van der Waals surface area contributed by atoms with E-state index < -0.39 is 5.97 Å². The number of nitrogens with zero attached hydrogens (tertiary/aromatic N) is 1. The SMILES string of the molecule is COc1ccc(/C=C2/C=C(c3ccccc3)N(c3ccc(Cl)c(C(=O)O)c3)C2=O)cc1Br. The number of amides is 1. The molecule has 7 heteroatoms. The van der Waals surface area contributed by atoms with Crippen LogP contribution < -0.4 is 9.64 Å². The highest BCUT2D eigenvalue weighted by atomic mass is 79.9. The van der Waals surface area contributed by atoms with Crippen LogP contribution in [0, 0.1) is 0 Å². The van der Waals surface area contributed by atoms with E-state index in [-0.39, 0.29) is 16.5 Å². The van der Waals surface area contributed by atoms with Crippen LogP contribution in [-0.4, -0.2) is 24.1 Å². The van der Waals surface area contributed by atoms with Gasteiger partial charge in [0.05, 0.1) is 33.6 Å². The van der Waals surface area contributed by atoms with Crippen LogP contribution >= 0.6 is 27.5 Å². The Bertz CT molecular complexity index is 1280. The van der Waals surface area contributed by atoms with Gasteiger partial charge in [0, 0.05) is 5.57 Å². The molecule has 1 N–H and O–H groups in total. The maximum Gasteiger partial charge on any atom is 0.337 e. The van der Waals surface area contributed by atoms with Gasteiger partial charge in [-0.25, -0.2) is 4.79 Å². The smallest absolute Gasteiger partial charge is 0.337 e. The number of hydrogen-bond donors (Lipinski definition) is 1. The van der Waals surface area contributed by atoms with Gasteiger partial charge < -0.3 is 9.84 Å². The molecule has 0 fully saturated rings. The lowest BCUT2D eigenvalue weighted by atomic mass is 10.1. The highest BCUT2D eigenvalue weighted by molar-refractivity contribution is 9.10. The number of carbonyl (C=O) groups excluding carboxylic acids is 1. The first kappa shape index (κ1) is 21.9. The monoisotopic (exact) mass is 509 g/mol. The van der Waals surface area contributed by atoms with Gasteiger partial charge in [-0.2, -0.15) is 0 Å². The van der Waals surface area contributed by atoms with E-state index in [0.29, 0.717) is 22.7 Å². The first-order valence-electron chi connectivity index (χ1n) is 9.58. The number of benzene rings is 3. The second kappa shape index (κ2) is 9.02. The van der Waals surface area contributed by atoms with Gasteiger partial charge in [-0.3, -0.25) is 9.69 Å². The van der Waals surface area contributed by atoms with Crippen LogP contribution in [0.4, 0.5) is 5.69 Å². The standard InChI is InChI=1S/C25H17BrClNO4/c1-32-23-10-7-15(12-20(23)26)11-17-13-22(16-5-3-2-4-6-16)28(24(17)29)18-8-9-21(27)19(14-18)25(30)31/h2-14H,1H3,(H,30,31)/b17-11-. The Balaban J connectivity index is 1.83. The Labute approximate surface area is 198 Å². The molecule has 0 atom stereocenters. The second-order valence-electron chi connectivity index (χ2n) is 7.00. The summed E-state index contributed by atoms with van der Waals surface area (Å²) in [7, 11) is 1.59. The average molecular weight is 511 g/mol. The fourth-order valence-corrected chi connectivity index (χ4v) is 4.22. The summed E-state index contributed by atoms with van der Waals surface area (Å²) >= 11 is 9.50. The van der Waals surface area contributed by atoms with E-state index in [9.17, 15) is 14.7 Å². The minimum Gasteiger partial charge on any atom is -0.496 e. The van der Waals surface area contributed by atoms with Gasteiger partial charge in [0.15, 0.2) is 0 Å². The normalized spacial score (nSPS) is 14.6. The van der Waals surface area contributed by atoms with E-state index in [4.69, 9.17) is 16.3 Å². The van der Waals surface area contributed by atoms with Crippen molar-refractivity contribution in [3.63, 3.8) is 0 Å². The van der Waals surface area contributed by atoms with Crippen molar-refractivity contribution in [3.05, 3.63) is 105 Å². The van der Waals surface area contributed by atoms with Gasteiger partial charge in [0.1, 0.15) is 5.75 Å². The van der Waals surface area contributed by atoms with Crippen LogP contribution in [0.2, 0.25) is 5.02 Å². The molecular formula is C25H17BrClNO4. The number of aromatic carboxylic acids is 1. The van der Waals surface area contributed by atoms with E-state index in [1.165, 1.54) is 17.0 Å². The third kappa shape index (κ3) is 4.20. The van der Waals surface area contributed by atoms with Crippen molar-refractivity contribution >= 4 is 56.9 Å². The predicted molar refractivity (Wildman–Crippen MR) is 129 cm³/mol. The maximum absolute atomic E-state index is 13.5. The number of ether oxygens (including phenoxy) is 1. The molecule has 3 aromatic carbocycles. The van der Waals surface area contributed by atoms with E-state index in [1.54, 1.807) is 25.3 Å². The van der Waals surface area contributed by atoms with Crippen molar-refractivity contribution in [3.8, 4) is 5.75 Å². The van der Waals surface area contributed by atoms with Gasteiger partial charge in [0.25, 0.3) is 5.91 Å². The third-order valence-electron chi connectivity index (χ3n) is 4.99. The number of carboxylic acids is 1. The maximum atomic E-state index is 13.5. The highest BCUT2D eigenvalue weighted by Crippen LogP contribution is 2.37.